The van der Waals surface area contributed by atoms with E-state index in [2.05, 4.69) is 13.0 Å². The predicted octanol–water partition coefficient (Wildman–Crippen LogP) is 2.31. The van der Waals surface area contributed by atoms with Crippen molar-refractivity contribution in [1.82, 2.24) is 0 Å². The maximum atomic E-state index is 12.2. The summed E-state index contributed by atoms with van der Waals surface area (Å²) in [6.07, 6.45) is 2.74. The van der Waals surface area contributed by atoms with E-state index in [-0.39, 0.29) is 17.3 Å². The van der Waals surface area contributed by atoms with Gasteiger partial charge in [-0.25, -0.2) is 0 Å². The van der Waals surface area contributed by atoms with Crippen LogP contribution in [0, 0.1) is 28.1 Å². The van der Waals surface area contributed by atoms with Crippen molar-refractivity contribution in [2.24, 2.45) is 16.7 Å². The lowest BCUT2D eigenvalue weighted by Gasteiger charge is -2.52. The first-order valence-corrected chi connectivity index (χ1v) is 5.97. The van der Waals surface area contributed by atoms with Gasteiger partial charge in [-0.3, -0.25) is 4.79 Å². The van der Waals surface area contributed by atoms with Crippen LogP contribution in [0.4, 0.5) is 0 Å². The zero-order valence-corrected chi connectivity index (χ0v) is 10.2. The third kappa shape index (κ3) is 1.48. The number of Topliss-reactive ketones (excluding diaryl/α,β-unsaturated/α-hetero) is 1. The average Bonchev–Trinajstić information content (AvgIpc) is 2.24. The molecule has 88 valence electrons. The van der Waals surface area contributed by atoms with E-state index in [4.69, 9.17) is 10.00 Å². The van der Waals surface area contributed by atoms with Gasteiger partial charge in [-0.1, -0.05) is 20.8 Å². The maximum Gasteiger partial charge on any atom is 0.158 e. The Morgan fingerprint density at radius 3 is 2.75 bits per heavy atom. The number of fused-ring (bicyclic) bond motifs is 1. The number of ketones is 1. The van der Waals surface area contributed by atoms with Gasteiger partial charge in [0, 0.05) is 6.61 Å². The van der Waals surface area contributed by atoms with E-state index in [9.17, 15) is 4.79 Å². The average molecular weight is 221 g/mol. The number of carbonyl (C=O) groups excluding carboxylic acids is 1. The standard InChI is InChI=1S/C13H19NO2/c1-12(2)10(15)9(8-14)7-13(3)5-4-6-16-11(12)13/h9,11H,4-7H2,1-3H3/t9?,11-,13-/m0/s1. The second-order valence-corrected chi connectivity index (χ2v) is 5.98. The maximum absolute atomic E-state index is 12.2. The summed E-state index contributed by atoms with van der Waals surface area (Å²) in [6.45, 7) is 6.75. The Labute approximate surface area is 96.8 Å². The second kappa shape index (κ2) is 3.56. The first-order chi connectivity index (χ1) is 7.42. The van der Waals surface area contributed by atoms with Gasteiger partial charge in [-0.15, -0.1) is 0 Å². The molecule has 0 bridgehead atoms. The lowest BCUT2D eigenvalue weighted by molar-refractivity contribution is -0.178. The molecule has 2 aliphatic rings. The molecule has 0 spiro atoms. The summed E-state index contributed by atoms with van der Waals surface area (Å²) in [6, 6.07) is 2.16. The summed E-state index contributed by atoms with van der Waals surface area (Å²) >= 11 is 0. The second-order valence-electron chi connectivity index (χ2n) is 5.98. The van der Waals surface area contributed by atoms with E-state index in [0.717, 1.165) is 19.4 Å². The molecule has 0 aromatic carbocycles. The fourth-order valence-electron chi connectivity index (χ4n) is 3.54. The highest BCUT2D eigenvalue weighted by Crippen LogP contribution is 2.52. The molecule has 2 fully saturated rings. The molecular weight excluding hydrogens is 202 g/mol. The molecule has 1 heterocycles. The molecule has 0 aromatic rings. The normalized spacial score (nSPS) is 42.2. The van der Waals surface area contributed by atoms with E-state index in [1.165, 1.54) is 0 Å². The molecule has 1 unspecified atom stereocenters. The van der Waals surface area contributed by atoms with Gasteiger partial charge in [0.15, 0.2) is 5.78 Å². The summed E-state index contributed by atoms with van der Waals surface area (Å²) in [5.74, 6) is -0.391. The van der Waals surface area contributed by atoms with Gasteiger partial charge in [-0.2, -0.15) is 5.26 Å². The number of nitriles is 1. The molecule has 1 aliphatic carbocycles. The largest absolute Gasteiger partial charge is 0.377 e. The zero-order chi connectivity index (χ0) is 12.0. The SMILES string of the molecule is CC1(C)C(=O)C(C#N)C[C@]2(C)CCCO[C@@H]12. The van der Waals surface area contributed by atoms with Crippen LogP contribution in [-0.2, 0) is 9.53 Å². The van der Waals surface area contributed by atoms with Gasteiger partial charge in [-0.05, 0) is 24.7 Å². The lowest BCUT2D eigenvalue weighted by atomic mass is 9.56. The minimum Gasteiger partial charge on any atom is -0.377 e. The summed E-state index contributed by atoms with van der Waals surface area (Å²) < 4.78 is 5.83. The molecule has 0 radical (unpaired) electrons. The number of ether oxygens (including phenoxy) is 1. The molecule has 3 heteroatoms. The highest BCUT2D eigenvalue weighted by atomic mass is 16.5. The van der Waals surface area contributed by atoms with Crippen LogP contribution in [0.2, 0.25) is 0 Å². The van der Waals surface area contributed by atoms with Crippen molar-refractivity contribution in [1.29, 1.82) is 5.26 Å². The Morgan fingerprint density at radius 1 is 1.44 bits per heavy atom. The number of hydrogen-bond donors (Lipinski definition) is 0. The van der Waals surface area contributed by atoms with Gasteiger partial charge in [0.1, 0.15) is 5.92 Å². The first-order valence-electron chi connectivity index (χ1n) is 5.97. The molecule has 1 saturated carbocycles. The third-order valence-electron chi connectivity index (χ3n) is 4.24. The molecule has 0 aromatic heterocycles. The number of rotatable bonds is 0. The van der Waals surface area contributed by atoms with Gasteiger partial charge >= 0.3 is 0 Å². The van der Waals surface area contributed by atoms with Crippen molar-refractivity contribution in [3.05, 3.63) is 0 Å². The van der Waals surface area contributed by atoms with Gasteiger partial charge in [0.25, 0.3) is 0 Å². The van der Waals surface area contributed by atoms with Crippen molar-refractivity contribution in [2.45, 2.75) is 46.1 Å². The van der Waals surface area contributed by atoms with Crippen molar-refractivity contribution in [3.8, 4) is 6.07 Å². The quantitative estimate of drug-likeness (QED) is 0.630. The van der Waals surface area contributed by atoms with E-state index in [1.807, 2.05) is 13.8 Å². The topological polar surface area (TPSA) is 50.1 Å². The minimum atomic E-state index is -0.520. The number of hydrogen-bond acceptors (Lipinski definition) is 3. The van der Waals surface area contributed by atoms with E-state index in [1.54, 1.807) is 0 Å². The van der Waals surface area contributed by atoms with Gasteiger partial charge in [0.05, 0.1) is 17.6 Å². The van der Waals surface area contributed by atoms with Crippen molar-refractivity contribution in [3.63, 3.8) is 0 Å². The Kier molecular flexibility index (Phi) is 2.58. The minimum absolute atomic E-state index is 0.00391. The van der Waals surface area contributed by atoms with Crippen LogP contribution in [-0.4, -0.2) is 18.5 Å². The van der Waals surface area contributed by atoms with Crippen LogP contribution in [0.25, 0.3) is 0 Å². The fraction of sp³-hybridized carbons (Fsp3) is 0.846. The van der Waals surface area contributed by atoms with Crippen molar-refractivity contribution in [2.75, 3.05) is 6.61 Å². The summed E-state index contributed by atoms with van der Waals surface area (Å²) in [7, 11) is 0. The number of nitrogens with zero attached hydrogens (tertiary/aromatic N) is 1. The molecular formula is C13H19NO2. The van der Waals surface area contributed by atoms with E-state index >= 15 is 0 Å². The molecule has 1 saturated heterocycles. The Bertz CT molecular complexity index is 355. The van der Waals surface area contributed by atoms with Crippen LogP contribution in [0.5, 0.6) is 0 Å². The van der Waals surface area contributed by atoms with Crippen molar-refractivity contribution < 1.29 is 9.53 Å². The Hall–Kier alpha value is -0.880. The zero-order valence-electron chi connectivity index (χ0n) is 10.2. The Morgan fingerprint density at radius 2 is 2.12 bits per heavy atom. The highest BCUT2D eigenvalue weighted by Gasteiger charge is 2.56. The Balaban J connectivity index is 2.38. The van der Waals surface area contributed by atoms with Crippen molar-refractivity contribution >= 4 is 5.78 Å². The van der Waals surface area contributed by atoms with Crippen LogP contribution in [0.1, 0.15) is 40.0 Å². The summed E-state index contributed by atoms with van der Waals surface area (Å²) in [4.78, 5) is 12.2. The summed E-state index contributed by atoms with van der Waals surface area (Å²) in [5, 5.41) is 9.09. The van der Waals surface area contributed by atoms with Crippen LogP contribution in [0.15, 0.2) is 0 Å². The monoisotopic (exact) mass is 221 g/mol. The molecule has 3 atom stereocenters. The van der Waals surface area contributed by atoms with Crippen LogP contribution < -0.4 is 0 Å². The molecule has 3 nitrogen and oxygen atoms in total. The highest BCUT2D eigenvalue weighted by molar-refractivity contribution is 5.90. The molecule has 16 heavy (non-hydrogen) atoms. The molecule has 2 rings (SSSR count). The van der Waals surface area contributed by atoms with Crippen LogP contribution >= 0.6 is 0 Å². The fourth-order valence-corrected chi connectivity index (χ4v) is 3.54. The van der Waals surface area contributed by atoms with E-state index in [0.29, 0.717) is 6.42 Å². The molecule has 0 N–H and O–H groups in total. The van der Waals surface area contributed by atoms with E-state index < -0.39 is 11.3 Å². The van der Waals surface area contributed by atoms with Gasteiger partial charge < -0.3 is 4.74 Å². The van der Waals surface area contributed by atoms with Crippen LogP contribution in [0.3, 0.4) is 0 Å². The third-order valence-corrected chi connectivity index (χ3v) is 4.24. The first kappa shape index (κ1) is 11.6. The lowest BCUT2D eigenvalue weighted by Crippen LogP contribution is -2.58. The molecule has 1 aliphatic heterocycles. The van der Waals surface area contributed by atoms with Gasteiger partial charge in [0.2, 0.25) is 0 Å². The summed E-state index contributed by atoms with van der Waals surface area (Å²) in [5.41, 5.74) is -0.524. The number of carbonyl (C=O) groups is 1. The predicted molar refractivity (Wildman–Crippen MR) is 59.6 cm³/mol. The molecule has 0 amide bonds. The smallest absolute Gasteiger partial charge is 0.158 e.